The lowest BCUT2D eigenvalue weighted by atomic mass is 10.2. The number of nitro groups is 1. The second-order valence-corrected chi connectivity index (χ2v) is 5.79. The summed E-state index contributed by atoms with van der Waals surface area (Å²) in [5, 5.41) is 10.7. The highest BCUT2D eigenvalue weighted by Gasteiger charge is 2.19. The molecule has 1 rings (SSSR count). The minimum absolute atomic E-state index is 0.173. The Morgan fingerprint density at radius 3 is 2.73 bits per heavy atom. The average Bonchev–Trinajstić information content (AvgIpc) is 2.44. The number of carbonyl (C=O) groups excluding carboxylic acids is 1. The average molecular weight is 326 g/mol. The van der Waals surface area contributed by atoms with E-state index in [-0.39, 0.29) is 23.7 Å². The van der Waals surface area contributed by atoms with Crippen LogP contribution in [0.1, 0.15) is 12.5 Å². The Labute approximate surface area is 127 Å². The van der Waals surface area contributed by atoms with Crippen molar-refractivity contribution < 1.29 is 22.9 Å². The number of benzene rings is 1. The molecule has 1 aromatic carbocycles. The number of nitro benzene ring substituents is 1. The van der Waals surface area contributed by atoms with Crippen LogP contribution in [-0.4, -0.2) is 32.5 Å². The van der Waals surface area contributed by atoms with E-state index in [1.165, 1.54) is 19.1 Å². The molecule has 0 bridgehead atoms. The van der Waals surface area contributed by atoms with E-state index in [0.717, 1.165) is 6.07 Å². The Morgan fingerprint density at radius 1 is 1.45 bits per heavy atom. The molecule has 0 radical (unpaired) electrons. The summed E-state index contributed by atoms with van der Waals surface area (Å²) in [6.07, 6.45) is 0. The van der Waals surface area contributed by atoms with E-state index in [1.807, 2.05) is 0 Å². The van der Waals surface area contributed by atoms with E-state index in [4.69, 9.17) is 0 Å². The fraction of sp³-hybridized carbons (Fsp3) is 0.308. The molecule has 8 nitrogen and oxygen atoms in total. The maximum absolute atomic E-state index is 12.1. The van der Waals surface area contributed by atoms with Crippen LogP contribution in [-0.2, 0) is 19.6 Å². The van der Waals surface area contributed by atoms with Crippen LogP contribution >= 0.6 is 0 Å². The third-order valence-electron chi connectivity index (χ3n) is 2.49. The van der Waals surface area contributed by atoms with Gasteiger partial charge in [-0.2, -0.15) is 4.72 Å². The first-order valence-electron chi connectivity index (χ1n) is 6.18. The highest BCUT2D eigenvalue weighted by Crippen LogP contribution is 2.21. The zero-order valence-corrected chi connectivity index (χ0v) is 12.8. The lowest BCUT2D eigenvalue weighted by molar-refractivity contribution is -0.385. The van der Waals surface area contributed by atoms with Gasteiger partial charge in [0, 0.05) is 18.1 Å². The quantitative estimate of drug-likeness (QED) is 0.281. The van der Waals surface area contributed by atoms with Gasteiger partial charge in [0.25, 0.3) is 5.69 Å². The SMILES string of the molecule is CCOC(=O)C#CCNS(=O)(=O)c1cc([N+](=O)[O-])ccc1C. The number of nitrogens with zero attached hydrogens (tertiary/aromatic N) is 1. The summed E-state index contributed by atoms with van der Waals surface area (Å²) in [6.45, 7) is 2.99. The maximum atomic E-state index is 12.1. The lowest BCUT2D eigenvalue weighted by Gasteiger charge is -2.07. The maximum Gasteiger partial charge on any atom is 0.384 e. The van der Waals surface area contributed by atoms with Crippen LogP contribution in [0.4, 0.5) is 5.69 Å². The predicted molar refractivity (Wildman–Crippen MR) is 77.4 cm³/mol. The van der Waals surface area contributed by atoms with Crippen LogP contribution in [0, 0.1) is 28.9 Å². The highest BCUT2D eigenvalue weighted by molar-refractivity contribution is 7.89. The number of nitrogens with one attached hydrogen (secondary N) is 1. The zero-order valence-electron chi connectivity index (χ0n) is 12.0. The van der Waals surface area contributed by atoms with E-state index in [1.54, 1.807) is 6.92 Å². The van der Waals surface area contributed by atoms with Gasteiger partial charge in [-0.15, -0.1) is 0 Å². The minimum Gasteiger partial charge on any atom is -0.456 e. The third-order valence-corrected chi connectivity index (χ3v) is 4.03. The van der Waals surface area contributed by atoms with Gasteiger partial charge in [-0.05, 0) is 19.4 Å². The molecule has 9 heteroatoms. The summed E-state index contributed by atoms with van der Waals surface area (Å²) in [4.78, 5) is 20.8. The van der Waals surface area contributed by atoms with E-state index < -0.39 is 20.9 Å². The smallest absolute Gasteiger partial charge is 0.384 e. The first-order valence-corrected chi connectivity index (χ1v) is 7.66. The monoisotopic (exact) mass is 326 g/mol. The van der Waals surface area contributed by atoms with Gasteiger partial charge in [0.2, 0.25) is 10.0 Å². The summed E-state index contributed by atoms with van der Waals surface area (Å²) in [5.74, 6) is 3.65. The fourth-order valence-corrected chi connectivity index (χ4v) is 2.67. The molecule has 22 heavy (non-hydrogen) atoms. The van der Waals surface area contributed by atoms with Crippen molar-refractivity contribution in [1.82, 2.24) is 4.72 Å². The zero-order chi connectivity index (χ0) is 16.8. The first-order chi connectivity index (χ1) is 10.3. The van der Waals surface area contributed by atoms with Gasteiger partial charge in [-0.25, -0.2) is 13.2 Å². The van der Waals surface area contributed by atoms with Crippen LogP contribution in [0.5, 0.6) is 0 Å². The van der Waals surface area contributed by atoms with E-state index >= 15 is 0 Å². The number of hydrogen-bond acceptors (Lipinski definition) is 6. The molecule has 0 saturated heterocycles. The van der Waals surface area contributed by atoms with Crippen LogP contribution in [0.15, 0.2) is 23.1 Å². The molecule has 118 valence electrons. The van der Waals surface area contributed by atoms with Gasteiger partial charge in [0.05, 0.1) is 23.0 Å². The standard InChI is InChI=1S/C13H14N2O6S/c1-3-21-13(16)5-4-8-14-22(19,20)12-9-11(15(17)18)7-6-10(12)2/h6-7,9,14H,3,8H2,1-2H3. The first kappa shape index (κ1) is 17.6. The van der Waals surface area contributed by atoms with Gasteiger partial charge >= 0.3 is 5.97 Å². The molecule has 0 atom stereocenters. The molecule has 1 N–H and O–H groups in total. The summed E-state index contributed by atoms with van der Waals surface area (Å²) in [5.41, 5.74) is 0.0278. The van der Waals surface area contributed by atoms with Crippen molar-refractivity contribution in [3.63, 3.8) is 0 Å². The molecule has 0 aromatic heterocycles. The fourth-order valence-electron chi connectivity index (χ4n) is 1.48. The van der Waals surface area contributed by atoms with Gasteiger partial charge < -0.3 is 4.74 Å². The van der Waals surface area contributed by atoms with Crippen molar-refractivity contribution in [2.45, 2.75) is 18.7 Å². The third kappa shape index (κ3) is 4.83. The van der Waals surface area contributed by atoms with Crippen molar-refractivity contribution in [3.8, 4) is 11.8 Å². The Kier molecular flexibility index (Phi) is 6.03. The van der Waals surface area contributed by atoms with Gasteiger partial charge in [0.15, 0.2) is 0 Å². The number of non-ortho nitro benzene ring substituents is 1. The molecule has 1 aromatic rings. The molecule has 0 heterocycles. The van der Waals surface area contributed by atoms with Crippen molar-refractivity contribution in [2.24, 2.45) is 0 Å². The van der Waals surface area contributed by atoms with Gasteiger partial charge in [-0.1, -0.05) is 12.0 Å². The van der Waals surface area contributed by atoms with E-state index in [0.29, 0.717) is 5.56 Å². The van der Waals surface area contributed by atoms with Crippen molar-refractivity contribution in [1.29, 1.82) is 0 Å². The largest absolute Gasteiger partial charge is 0.456 e. The second-order valence-electron chi connectivity index (χ2n) is 4.05. The Balaban J connectivity index is 2.89. The Bertz CT molecular complexity index is 746. The Morgan fingerprint density at radius 2 is 2.14 bits per heavy atom. The minimum atomic E-state index is -3.97. The lowest BCUT2D eigenvalue weighted by Crippen LogP contribution is -2.25. The number of sulfonamides is 1. The van der Waals surface area contributed by atoms with Crippen LogP contribution in [0.3, 0.4) is 0 Å². The molecule has 0 aliphatic rings. The van der Waals surface area contributed by atoms with Crippen molar-refractivity contribution in [3.05, 3.63) is 33.9 Å². The summed E-state index contributed by atoms with van der Waals surface area (Å²) >= 11 is 0. The normalized spacial score (nSPS) is 10.5. The van der Waals surface area contributed by atoms with Crippen LogP contribution in [0.2, 0.25) is 0 Å². The molecule has 0 spiro atoms. The van der Waals surface area contributed by atoms with E-state index in [9.17, 15) is 23.3 Å². The number of esters is 1. The second kappa shape index (κ2) is 7.53. The number of carbonyl (C=O) groups is 1. The van der Waals surface area contributed by atoms with Gasteiger partial charge in [-0.3, -0.25) is 10.1 Å². The molecular weight excluding hydrogens is 312 g/mol. The highest BCUT2D eigenvalue weighted by atomic mass is 32.2. The van der Waals surface area contributed by atoms with Crippen molar-refractivity contribution >= 4 is 21.7 Å². The number of aryl methyl sites for hydroxylation is 1. The number of hydrogen-bond donors (Lipinski definition) is 1. The summed E-state index contributed by atoms with van der Waals surface area (Å²) < 4.78 is 30.9. The predicted octanol–water partition coefficient (Wildman–Crippen LogP) is 0.748. The molecule has 0 aliphatic carbocycles. The number of rotatable bonds is 5. The topological polar surface area (TPSA) is 116 Å². The van der Waals surface area contributed by atoms with Crippen LogP contribution < -0.4 is 4.72 Å². The van der Waals surface area contributed by atoms with Gasteiger partial charge in [0.1, 0.15) is 0 Å². The molecule has 0 aliphatic heterocycles. The molecule has 0 amide bonds. The molecular formula is C13H14N2O6S. The molecule has 0 unspecified atom stereocenters. The number of ether oxygens (including phenoxy) is 1. The van der Waals surface area contributed by atoms with E-state index in [2.05, 4.69) is 21.3 Å². The molecule has 0 saturated carbocycles. The summed E-state index contributed by atoms with van der Waals surface area (Å²) in [6, 6.07) is 3.53. The Hall–Kier alpha value is -2.44. The van der Waals surface area contributed by atoms with Crippen LogP contribution in [0.25, 0.3) is 0 Å². The molecule has 0 fully saturated rings. The van der Waals surface area contributed by atoms with Crippen molar-refractivity contribution in [2.75, 3.05) is 13.2 Å². The summed E-state index contributed by atoms with van der Waals surface area (Å²) in [7, 11) is -3.97.